The summed E-state index contributed by atoms with van der Waals surface area (Å²) in [6.07, 6.45) is 2.97. The predicted molar refractivity (Wildman–Crippen MR) is 117 cm³/mol. The van der Waals surface area contributed by atoms with Gasteiger partial charge in [-0.05, 0) is 62.8 Å². The van der Waals surface area contributed by atoms with Crippen LogP contribution >= 0.6 is 11.6 Å². The number of carbonyl (C=O) groups excluding carboxylic acids is 2. The molecule has 2 saturated heterocycles. The number of aliphatic hydroxyl groups is 1. The number of halogens is 1. The SMILES string of the molecule is CC(=O)N1CCCC(COc2cc(C)c(Cl)c(C)c2)(CC(=O)N2CCC(O)CC2)C1. The molecule has 2 aliphatic heterocycles. The van der Waals surface area contributed by atoms with Gasteiger partial charge in [0, 0.05) is 50.0 Å². The quantitative estimate of drug-likeness (QED) is 0.768. The first kappa shape index (κ1) is 22.9. The van der Waals surface area contributed by atoms with Crippen molar-refractivity contribution in [2.24, 2.45) is 5.41 Å². The predicted octanol–water partition coefficient (Wildman–Crippen LogP) is 3.34. The van der Waals surface area contributed by atoms with Crippen molar-refractivity contribution >= 4 is 23.4 Å². The number of aryl methyl sites for hydroxylation is 2. The topological polar surface area (TPSA) is 70.1 Å². The van der Waals surface area contributed by atoms with E-state index in [2.05, 4.69) is 0 Å². The summed E-state index contributed by atoms with van der Waals surface area (Å²) >= 11 is 6.28. The lowest BCUT2D eigenvalue weighted by Gasteiger charge is -2.43. The van der Waals surface area contributed by atoms with Gasteiger partial charge in [-0.25, -0.2) is 0 Å². The van der Waals surface area contributed by atoms with Crippen molar-refractivity contribution < 1.29 is 19.4 Å². The highest BCUT2D eigenvalue weighted by Crippen LogP contribution is 2.36. The van der Waals surface area contributed by atoms with E-state index in [0.717, 1.165) is 41.3 Å². The van der Waals surface area contributed by atoms with Gasteiger partial charge in [-0.1, -0.05) is 11.6 Å². The Morgan fingerprint density at radius 1 is 1.17 bits per heavy atom. The zero-order valence-electron chi connectivity index (χ0n) is 18.2. The van der Waals surface area contributed by atoms with E-state index in [-0.39, 0.29) is 17.9 Å². The Morgan fingerprint density at radius 2 is 1.80 bits per heavy atom. The van der Waals surface area contributed by atoms with Crippen LogP contribution in [0.5, 0.6) is 5.75 Å². The lowest BCUT2D eigenvalue weighted by molar-refractivity contribution is -0.141. The maximum atomic E-state index is 13.1. The highest BCUT2D eigenvalue weighted by Gasteiger charge is 2.40. The van der Waals surface area contributed by atoms with Crippen LogP contribution in [0.1, 0.15) is 50.2 Å². The first-order chi connectivity index (χ1) is 14.2. The van der Waals surface area contributed by atoms with Crippen molar-refractivity contribution in [2.75, 3.05) is 32.8 Å². The van der Waals surface area contributed by atoms with E-state index in [9.17, 15) is 14.7 Å². The summed E-state index contributed by atoms with van der Waals surface area (Å²) in [4.78, 5) is 28.8. The molecular formula is C23H33ClN2O4. The van der Waals surface area contributed by atoms with Gasteiger partial charge in [0.1, 0.15) is 5.75 Å². The van der Waals surface area contributed by atoms with Gasteiger partial charge < -0.3 is 19.6 Å². The molecule has 2 fully saturated rings. The molecule has 3 rings (SSSR count). The maximum absolute atomic E-state index is 13.1. The number of likely N-dealkylation sites (tertiary alicyclic amines) is 2. The molecule has 1 aromatic rings. The highest BCUT2D eigenvalue weighted by molar-refractivity contribution is 6.32. The molecule has 2 aliphatic rings. The molecular weight excluding hydrogens is 404 g/mol. The number of hydrogen-bond acceptors (Lipinski definition) is 4. The van der Waals surface area contributed by atoms with Crippen LogP contribution in [0.2, 0.25) is 5.02 Å². The molecule has 0 aromatic heterocycles. The highest BCUT2D eigenvalue weighted by atomic mass is 35.5. The number of nitrogens with zero attached hydrogens (tertiary/aromatic N) is 2. The van der Waals surface area contributed by atoms with Crippen LogP contribution in [0.4, 0.5) is 0 Å². The van der Waals surface area contributed by atoms with Gasteiger partial charge in [0.05, 0.1) is 12.7 Å². The van der Waals surface area contributed by atoms with Gasteiger partial charge in [0.15, 0.2) is 0 Å². The van der Waals surface area contributed by atoms with E-state index >= 15 is 0 Å². The summed E-state index contributed by atoms with van der Waals surface area (Å²) in [7, 11) is 0. The van der Waals surface area contributed by atoms with Crippen LogP contribution in [0.15, 0.2) is 12.1 Å². The Labute approximate surface area is 184 Å². The van der Waals surface area contributed by atoms with Gasteiger partial charge in [-0.3, -0.25) is 9.59 Å². The third kappa shape index (κ3) is 5.46. The lowest BCUT2D eigenvalue weighted by Crippen LogP contribution is -2.51. The van der Waals surface area contributed by atoms with E-state index in [1.54, 1.807) is 6.92 Å². The molecule has 1 atom stereocenters. The third-order valence-corrected chi connectivity index (χ3v) is 7.00. The summed E-state index contributed by atoms with van der Waals surface area (Å²) in [5.41, 5.74) is 1.49. The fraction of sp³-hybridized carbons (Fsp3) is 0.652. The van der Waals surface area contributed by atoms with Gasteiger partial charge in [-0.2, -0.15) is 0 Å². The van der Waals surface area contributed by atoms with Crippen LogP contribution in [0.25, 0.3) is 0 Å². The van der Waals surface area contributed by atoms with Crippen molar-refractivity contribution in [3.63, 3.8) is 0 Å². The Kier molecular flexibility index (Phi) is 7.30. The Bertz CT molecular complexity index is 768. The normalized spacial score (nSPS) is 22.8. The number of ether oxygens (including phenoxy) is 1. The van der Waals surface area contributed by atoms with E-state index in [1.165, 1.54) is 0 Å². The molecule has 166 valence electrons. The van der Waals surface area contributed by atoms with E-state index in [1.807, 2.05) is 35.8 Å². The smallest absolute Gasteiger partial charge is 0.223 e. The minimum Gasteiger partial charge on any atom is -0.493 e. The summed E-state index contributed by atoms with van der Waals surface area (Å²) in [5.74, 6) is 0.854. The minimum atomic E-state index is -0.418. The van der Waals surface area contributed by atoms with Crippen molar-refractivity contribution in [1.82, 2.24) is 9.80 Å². The second kappa shape index (κ2) is 9.56. The van der Waals surface area contributed by atoms with Crippen LogP contribution in [0.3, 0.4) is 0 Å². The molecule has 6 nitrogen and oxygen atoms in total. The zero-order valence-corrected chi connectivity index (χ0v) is 19.0. The van der Waals surface area contributed by atoms with Gasteiger partial charge in [-0.15, -0.1) is 0 Å². The Morgan fingerprint density at radius 3 is 2.40 bits per heavy atom. The average molecular weight is 437 g/mol. The molecule has 2 heterocycles. The second-order valence-electron chi connectivity index (χ2n) is 8.99. The standard InChI is InChI=1S/C23H33ClN2O4/c1-16-11-20(12-17(2)22(16)24)30-15-23(7-4-8-26(14-23)18(3)27)13-21(29)25-9-5-19(28)6-10-25/h11-12,19,28H,4-10,13-15H2,1-3H3. The molecule has 30 heavy (non-hydrogen) atoms. The van der Waals surface area contributed by atoms with Crippen molar-refractivity contribution in [3.8, 4) is 5.75 Å². The number of carbonyl (C=O) groups is 2. The molecule has 0 bridgehead atoms. The number of amides is 2. The van der Waals surface area contributed by atoms with Crippen LogP contribution in [-0.2, 0) is 9.59 Å². The number of rotatable bonds is 5. The van der Waals surface area contributed by atoms with E-state index in [4.69, 9.17) is 16.3 Å². The molecule has 7 heteroatoms. The van der Waals surface area contributed by atoms with Crippen LogP contribution in [0, 0.1) is 19.3 Å². The summed E-state index contributed by atoms with van der Waals surface area (Å²) in [6.45, 7) is 8.27. The Hall–Kier alpha value is -1.79. The maximum Gasteiger partial charge on any atom is 0.223 e. The molecule has 1 unspecified atom stereocenters. The third-order valence-electron chi connectivity index (χ3n) is 6.41. The van der Waals surface area contributed by atoms with Gasteiger partial charge in [0.2, 0.25) is 11.8 Å². The monoisotopic (exact) mass is 436 g/mol. The number of hydrogen-bond donors (Lipinski definition) is 1. The first-order valence-corrected chi connectivity index (χ1v) is 11.2. The van der Waals surface area contributed by atoms with Gasteiger partial charge >= 0.3 is 0 Å². The molecule has 0 spiro atoms. The molecule has 0 aliphatic carbocycles. The molecule has 1 aromatic carbocycles. The number of benzene rings is 1. The molecule has 2 amide bonds. The minimum absolute atomic E-state index is 0.0331. The lowest BCUT2D eigenvalue weighted by atomic mass is 9.77. The second-order valence-corrected chi connectivity index (χ2v) is 9.37. The van der Waals surface area contributed by atoms with Gasteiger partial charge in [0.25, 0.3) is 0 Å². The largest absolute Gasteiger partial charge is 0.493 e. The van der Waals surface area contributed by atoms with Crippen LogP contribution in [-0.4, -0.2) is 65.6 Å². The fourth-order valence-corrected chi connectivity index (χ4v) is 4.67. The molecule has 0 radical (unpaired) electrons. The van der Waals surface area contributed by atoms with Crippen molar-refractivity contribution in [2.45, 2.75) is 59.0 Å². The van der Waals surface area contributed by atoms with Crippen LogP contribution < -0.4 is 4.74 Å². The number of aliphatic hydroxyl groups excluding tert-OH is 1. The summed E-state index contributed by atoms with van der Waals surface area (Å²) < 4.78 is 6.19. The van der Waals surface area contributed by atoms with Crippen molar-refractivity contribution in [1.29, 1.82) is 0 Å². The van der Waals surface area contributed by atoms with E-state index < -0.39 is 5.41 Å². The fourth-order valence-electron chi connectivity index (χ4n) is 4.56. The number of piperidine rings is 2. The summed E-state index contributed by atoms with van der Waals surface area (Å²) in [5, 5.41) is 10.5. The van der Waals surface area contributed by atoms with E-state index in [0.29, 0.717) is 45.5 Å². The zero-order chi connectivity index (χ0) is 21.9. The average Bonchev–Trinajstić information content (AvgIpc) is 2.71. The Balaban J connectivity index is 1.76. The van der Waals surface area contributed by atoms with Crippen molar-refractivity contribution in [3.05, 3.63) is 28.3 Å². The first-order valence-electron chi connectivity index (χ1n) is 10.8. The summed E-state index contributed by atoms with van der Waals surface area (Å²) in [6, 6.07) is 3.84. The molecule has 1 N–H and O–H groups in total. The molecule has 0 saturated carbocycles.